The van der Waals surface area contributed by atoms with E-state index in [0.29, 0.717) is 16.0 Å². The van der Waals surface area contributed by atoms with Crippen LogP contribution in [-0.2, 0) is 5.41 Å². The van der Waals surface area contributed by atoms with Crippen molar-refractivity contribution in [1.29, 1.82) is 0 Å². The molecule has 1 fully saturated rings. The van der Waals surface area contributed by atoms with E-state index < -0.39 is 0 Å². The minimum absolute atomic E-state index is 0.101. The Morgan fingerprint density at radius 1 is 1.44 bits per heavy atom. The average Bonchev–Trinajstić information content (AvgIpc) is 2.72. The molecule has 3 heteroatoms. The molecule has 1 atom stereocenters. The lowest BCUT2D eigenvalue weighted by atomic mass is 9.92. The Balaban J connectivity index is 2.42. The van der Waals surface area contributed by atoms with Gasteiger partial charge in [-0.05, 0) is 17.9 Å². The molecule has 1 aliphatic rings. The summed E-state index contributed by atoms with van der Waals surface area (Å²) < 4.78 is 0.710. The third-order valence-electron chi connectivity index (χ3n) is 3.41. The van der Waals surface area contributed by atoms with E-state index in [2.05, 4.69) is 44.6 Å². The van der Waals surface area contributed by atoms with Gasteiger partial charge in [0.15, 0.2) is 0 Å². The van der Waals surface area contributed by atoms with Crippen LogP contribution in [0.3, 0.4) is 0 Å². The average molecular weight is 236 g/mol. The Morgan fingerprint density at radius 2 is 2.00 bits per heavy atom. The molecule has 0 bridgehead atoms. The molecule has 0 amide bonds. The first-order valence-electron chi connectivity index (χ1n) is 5.82. The van der Waals surface area contributed by atoms with Gasteiger partial charge in [-0.2, -0.15) is 0 Å². The summed E-state index contributed by atoms with van der Waals surface area (Å²) in [6.45, 7) is 11.1. The molecule has 0 radical (unpaired) electrons. The summed E-state index contributed by atoms with van der Waals surface area (Å²) in [4.78, 5) is 7.93. The Kier molecular flexibility index (Phi) is 2.50. The highest BCUT2D eigenvalue weighted by Gasteiger charge is 2.48. The van der Waals surface area contributed by atoms with Crippen molar-refractivity contribution in [3.8, 4) is 0 Å². The van der Waals surface area contributed by atoms with Gasteiger partial charge in [-0.15, -0.1) is 0 Å². The fourth-order valence-electron chi connectivity index (χ4n) is 1.98. The third kappa shape index (κ3) is 2.19. The highest BCUT2D eigenvalue weighted by atomic mass is 32.1. The number of hydrogen-bond acceptors (Lipinski definition) is 2. The van der Waals surface area contributed by atoms with E-state index in [0.717, 1.165) is 5.82 Å². The van der Waals surface area contributed by atoms with Gasteiger partial charge in [0, 0.05) is 17.0 Å². The van der Waals surface area contributed by atoms with Crippen LogP contribution in [0.2, 0.25) is 0 Å². The van der Waals surface area contributed by atoms with Crippen LogP contribution >= 0.6 is 12.2 Å². The van der Waals surface area contributed by atoms with Crippen molar-refractivity contribution in [2.24, 2.45) is 5.41 Å². The number of nitrogens with one attached hydrogen (secondary N) is 1. The van der Waals surface area contributed by atoms with Crippen LogP contribution in [0.5, 0.6) is 0 Å². The Bertz CT molecular complexity index is 466. The Hall–Kier alpha value is -0.700. The lowest BCUT2D eigenvalue weighted by Gasteiger charge is -2.19. The smallest absolute Gasteiger partial charge is 0.130 e. The number of hydrogen-bond donors (Lipinski definition) is 1. The summed E-state index contributed by atoms with van der Waals surface area (Å²) in [5, 5.41) is 0. The van der Waals surface area contributed by atoms with Crippen LogP contribution < -0.4 is 0 Å². The van der Waals surface area contributed by atoms with Crippen LogP contribution in [0.4, 0.5) is 0 Å². The fraction of sp³-hybridized carbons (Fsp3) is 0.692. The maximum Gasteiger partial charge on any atom is 0.130 e. The molecule has 0 saturated heterocycles. The Labute approximate surface area is 103 Å². The van der Waals surface area contributed by atoms with Crippen molar-refractivity contribution in [2.75, 3.05) is 0 Å². The van der Waals surface area contributed by atoms with Gasteiger partial charge in [-0.1, -0.05) is 46.8 Å². The van der Waals surface area contributed by atoms with Gasteiger partial charge in [-0.25, -0.2) is 4.98 Å². The van der Waals surface area contributed by atoms with E-state index in [-0.39, 0.29) is 5.41 Å². The summed E-state index contributed by atoms with van der Waals surface area (Å²) >= 11 is 5.25. The highest BCUT2D eigenvalue weighted by Crippen LogP contribution is 2.57. The summed E-state index contributed by atoms with van der Waals surface area (Å²) in [6, 6.07) is 1.98. The van der Waals surface area contributed by atoms with Crippen molar-refractivity contribution >= 4 is 12.2 Å². The SMILES string of the molecule is CC(C)(C)c1cc(=S)nc(C2CC2(C)C)[nH]1. The van der Waals surface area contributed by atoms with E-state index in [4.69, 9.17) is 12.2 Å². The van der Waals surface area contributed by atoms with Crippen LogP contribution in [0.1, 0.15) is 58.5 Å². The van der Waals surface area contributed by atoms with Crippen molar-refractivity contribution in [3.05, 3.63) is 22.2 Å². The minimum Gasteiger partial charge on any atom is -0.346 e. The molecule has 16 heavy (non-hydrogen) atoms. The van der Waals surface area contributed by atoms with Gasteiger partial charge in [-0.3, -0.25) is 0 Å². The van der Waals surface area contributed by atoms with Crippen LogP contribution in [0.25, 0.3) is 0 Å². The van der Waals surface area contributed by atoms with Crippen molar-refractivity contribution in [2.45, 2.75) is 52.4 Å². The predicted octanol–water partition coefficient (Wildman–Crippen LogP) is 3.95. The zero-order chi connectivity index (χ0) is 12.1. The highest BCUT2D eigenvalue weighted by molar-refractivity contribution is 7.71. The van der Waals surface area contributed by atoms with E-state index in [9.17, 15) is 0 Å². The second-order valence-corrected chi connectivity index (χ2v) is 6.93. The first-order chi connectivity index (χ1) is 7.20. The first kappa shape index (κ1) is 11.8. The zero-order valence-electron chi connectivity index (χ0n) is 10.7. The van der Waals surface area contributed by atoms with E-state index >= 15 is 0 Å². The number of aromatic nitrogens is 2. The lowest BCUT2D eigenvalue weighted by molar-refractivity contribution is 0.552. The van der Waals surface area contributed by atoms with Crippen molar-refractivity contribution in [1.82, 2.24) is 9.97 Å². The van der Waals surface area contributed by atoms with E-state index in [1.165, 1.54) is 12.1 Å². The molecule has 0 aromatic carbocycles. The van der Waals surface area contributed by atoms with Gasteiger partial charge in [0.2, 0.25) is 0 Å². The molecule has 88 valence electrons. The first-order valence-corrected chi connectivity index (χ1v) is 6.23. The summed E-state index contributed by atoms with van der Waals surface area (Å²) in [5.41, 5.74) is 1.68. The number of H-pyrrole nitrogens is 1. The monoisotopic (exact) mass is 236 g/mol. The number of nitrogens with zero attached hydrogens (tertiary/aromatic N) is 1. The van der Waals surface area contributed by atoms with E-state index in [1.807, 2.05) is 6.07 Å². The molecule has 1 aliphatic carbocycles. The van der Waals surface area contributed by atoms with Gasteiger partial charge >= 0.3 is 0 Å². The molecule has 2 rings (SSSR count). The van der Waals surface area contributed by atoms with Crippen molar-refractivity contribution in [3.63, 3.8) is 0 Å². The van der Waals surface area contributed by atoms with Gasteiger partial charge in [0.05, 0.1) is 0 Å². The van der Waals surface area contributed by atoms with Crippen molar-refractivity contribution < 1.29 is 0 Å². The van der Waals surface area contributed by atoms with Gasteiger partial charge in [0.25, 0.3) is 0 Å². The van der Waals surface area contributed by atoms with Gasteiger partial charge < -0.3 is 4.98 Å². The van der Waals surface area contributed by atoms with Crippen LogP contribution in [0.15, 0.2) is 6.07 Å². The number of aromatic amines is 1. The molecule has 1 N–H and O–H groups in total. The second-order valence-electron chi connectivity index (χ2n) is 6.51. The number of rotatable bonds is 1. The molecule has 0 aliphatic heterocycles. The zero-order valence-corrected chi connectivity index (χ0v) is 11.5. The largest absolute Gasteiger partial charge is 0.346 e. The molecule has 0 spiro atoms. The molecular formula is C13H20N2S. The topological polar surface area (TPSA) is 28.7 Å². The fourth-order valence-corrected chi connectivity index (χ4v) is 2.20. The second kappa shape index (κ2) is 3.39. The maximum atomic E-state index is 5.25. The molecule has 2 nitrogen and oxygen atoms in total. The standard InChI is InChI=1S/C13H20N2S/c1-12(2,3)9-6-10(16)15-11(14-9)8-7-13(8,4)5/h6,8H,7H2,1-5H3,(H,14,15,16). The molecule has 1 aromatic rings. The van der Waals surface area contributed by atoms with Crippen LogP contribution in [-0.4, -0.2) is 9.97 Å². The Morgan fingerprint density at radius 3 is 2.44 bits per heavy atom. The molecule has 1 heterocycles. The molecule has 1 aromatic heterocycles. The lowest BCUT2D eigenvalue weighted by Crippen LogP contribution is -2.15. The molecular weight excluding hydrogens is 216 g/mol. The molecule has 1 unspecified atom stereocenters. The quantitative estimate of drug-likeness (QED) is 0.748. The normalized spacial score (nSPS) is 23.2. The van der Waals surface area contributed by atoms with Crippen LogP contribution in [0, 0.1) is 10.1 Å². The summed E-state index contributed by atoms with van der Waals surface area (Å²) in [5.74, 6) is 1.62. The minimum atomic E-state index is 0.101. The summed E-state index contributed by atoms with van der Waals surface area (Å²) in [7, 11) is 0. The summed E-state index contributed by atoms with van der Waals surface area (Å²) in [6.07, 6.45) is 1.21. The maximum absolute atomic E-state index is 5.25. The van der Waals surface area contributed by atoms with Gasteiger partial charge in [0.1, 0.15) is 10.5 Å². The predicted molar refractivity (Wildman–Crippen MR) is 69.3 cm³/mol. The van der Waals surface area contributed by atoms with E-state index in [1.54, 1.807) is 0 Å². The third-order valence-corrected chi connectivity index (χ3v) is 3.62. The molecule has 1 saturated carbocycles.